The minimum absolute atomic E-state index is 0.0439. The van der Waals surface area contributed by atoms with Crippen LogP contribution in [0.1, 0.15) is 16.1 Å². The Morgan fingerprint density at radius 3 is 2.59 bits per heavy atom. The zero-order valence-corrected chi connectivity index (χ0v) is 16.0. The number of sulfonamides is 1. The fourth-order valence-corrected chi connectivity index (χ4v) is 3.93. The molecule has 0 saturated heterocycles. The number of hydrogen-bond donors (Lipinski definition) is 2. The van der Waals surface area contributed by atoms with E-state index >= 15 is 0 Å². The summed E-state index contributed by atoms with van der Waals surface area (Å²) in [6, 6.07) is 18.8. The summed E-state index contributed by atoms with van der Waals surface area (Å²) in [5.41, 5.74) is 0.114. The Morgan fingerprint density at radius 1 is 0.966 bits per heavy atom. The van der Waals surface area contributed by atoms with Crippen LogP contribution in [0.25, 0.3) is 10.8 Å². The minimum atomic E-state index is -3.93. The Kier molecular flexibility index (Phi) is 5.01. The van der Waals surface area contributed by atoms with E-state index in [0.717, 1.165) is 10.8 Å². The quantitative estimate of drug-likeness (QED) is 0.509. The molecule has 146 valence electrons. The molecule has 0 atom stereocenters. The number of fused-ring (bicyclic) bond motifs is 1. The molecule has 2 aromatic heterocycles. The number of pyridine rings is 1. The van der Waals surface area contributed by atoms with Gasteiger partial charge < -0.3 is 9.73 Å². The van der Waals surface area contributed by atoms with E-state index in [-0.39, 0.29) is 22.8 Å². The molecule has 0 saturated carbocycles. The second-order valence-corrected chi connectivity index (χ2v) is 7.96. The Morgan fingerprint density at radius 2 is 1.79 bits per heavy atom. The molecule has 2 N–H and O–H groups in total. The molecule has 7 nitrogen and oxygen atoms in total. The summed E-state index contributed by atoms with van der Waals surface area (Å²) in [7, 11) is -3.93. The van der Waals surface area contributed by atoms with Crippen LogP contribution in [0.3, 0.4) is 0 Å². The van der Waals surface area contributed by atoms with Crippen molar-refractivity contribution in [2.75, 3.05) is 4.72 Å². The molecule has 0 aliphatic carbocycles. The topological polar surface area (TPSA) is 101 Å². The first-order valence-electron chi connectivity index (χ1n) is 8.80. The van der Waals surface area contributed by atoms with E-state index in [9.17, 15) is 13.2 Å². The van der Waals surface area contributed by atoms with Gasteiger partial charge in [-0.25, -0.2) is 13.4 Å². The van der Waals surface area contributed by atoms with E-state index in [2.05, 4.69) is 15.0 Å². The van der Waals surface area contributed by atoms with Crippen molar-refractivity contribution in [3.63, 3.8) is 0 Å². The number of benzene rings is 2. The minimum Gasteiger partial charge on any atom is -0.467 e. The van der Waals surface area contributed by atoms with E-state index in [4.69, 9.17) is 4.42 Å². The number of hydrogen-bond acceptors (Lipinski definition) is 5. The van der Waals surface area contributed by atoms with Crippen LogP contribution < -0.4 is 10.0 Å². The molecule has 0 fully saturated rings. The van der Waals surface area contributed by atoms with Gasteiger partial charge in [0.15, 0.2) is 5.82 Å². The number of furan rings is 1. The maximum absolute atomic E-state index is 12.9. The van der Waals surface area contributed by atoms with Crippen molar-refractivity contribution in [3.8, 4) is 0 Å². The summed E-state index contributed by atoms with van der Waals surface area (Å²) in [5.74, 6) is 0.0730. The standard InChI is InChI=1S/C21H17N3O4S/c25-21(23-14-17-7-4-12-28-17)19-8-3-11-22-20(19)24-29(26,27)18-10-9-15-5-1-2-6-16(15)13-18/h1-13H,14H2,(H,22,24)(H,23,25). The first-order valence-corrected chi connectivity index (χ1v) is 10.3. The monoisotopic (exact) mass is 407 g/mol. The Hall–Kier alpha value is -3.65. The molecule has 4 aromatic rings. The van der Waals surface area contributed by atoms with Crippen molar-refractivity contribution < 1.29 is 17.6 Å². The van der Waals surface area contributed by atoms with Gasteiger partial charge in [0.2, 0.25) is 0 Å². The number of nitrogens with one attached hydrogen (secondary N) is 2. The molecule has 8 heteroatoms. The highest BCUT2D eigenvalue weighted by Gasteiger charge is 2.20. The fraction of sp³-hybridized carbons (Fsp3) is 0.0476. The summed E-state index contributed by atoms with van der Waals surface area (Å²) < 4.78 is 33.3. The number of amides is 1. The van der Waals surface area contributed by atoms with Crippen molar-refractivity contribution in [1.29, 1.82) is 0 Å². The Bertz CT molecular complexity index is 1270. The second-order valence-electron chi connectivity index (χ2n) is 6.28. The molecule has 0 aliphatic heterocycles. The lowest BCUT2D eigenvalue weighted by molar-refractivity contribution is 0.0948. The van der Waals surface area contributed by atoms with Gasteiger partial charge in [-0.3, -0.25) is 9.52 Å². The molecule has 0 spiro atoms. The average Bonchev–Trinajstić information content (AvgIpc) is 3.25. The summed E-state index contributed by atoms with van der Waals surface area (Å²) in [6.45, 7) is 0.178. The number of carbonyl (C=O) groups is 1. The van der Waals surface area contributed by atoms with Crippen molar-refractivity contribution >= 4 is 32.5 Å². The van der Waals surface area contributed by atoms with Gasteiger partial charge in [-0.05, 0) is 47.2 Å². The van der Waals surface area contributed by atoms with Crippen LogP contribution >= 0.6 is 0 Å². The number of anilines is 1. The summed E-state index contributed by atoms with van der Waals surface area (Å²) in [4.78, 5) is 16.7. The van der Waals surface area contributed by atoms with Gasteiger partial charge in [0.1, 0.15) is 5.76 Å². The van der Waals surface area contributed by atoms with E-state index in [1.54, 1.807) is 30.3 Å². The molecule has 1 amide bonds. The molecule has 29 heavy (non-hydrogen) atoms. The molecule has 2 heterocycles. The number of aromatic nitrogens is 1. The Balaban J connectivity index is 1.58. The molecular formula is C21H17N3O4S. The highest BCUT2D eigenvalue weighted by atomic mass is 32.2. The zero-order chi connectivity index (χ0) is 20.3. The largest absolute Gasteiger partial charge is 0.467 e. The van der Waals surface area contributed by atoms with E-state index in [1.807, 2.05) is 24.3 Å². The fourth-order valence-electron chi connectivity index (χ4n) is 2.87. The maximum Gasteiger partial charge on any atom is 0.263 e. The van der Waals surface area contributed by atoms with Crippen LogP contribution in [0.2, 0.25) is 0 Å². The van der Waals surface area contributed by atoms with Crippen molar-refractivity contribution in [2.24, 2.45) is 0 Å². The van der Waals surface area contributed by atoms with Crippen molar-refractivity contribution in [1.82, 2.24) is 10.3 Å². The van der Waals surface area contributed by atoms with E-state index in [0.29, 0.717) is 5.76 Å². The predicted molar refractivity (Wildman–Crippen MR) is 109 cm³/mol. The van der Waals surface area contributed by atoms with Gasteiger partial charge in [-0.1, -0.05) is 30.3 Å². The van der Waals surface area contributed by atoms with Crippen molar-refractivity contribution in [2.45, 2.75) is 11.4 Å². The first-order chi connectivity index (χ1) is 14.0. The molecule has 0 radical (unpaired) electrons. The van der Waals surface area contributed by atoms with Gasteiger partial charge in [-0.15, -0.1) is 0 Å². The van der Waals surface area contributed by atoms with Gasteiger partial charge in [0.25, 0.3) is 15.9 Å². The van der Waals surface area contributed by atoms with Crippen molar-refractivity contribution in [3.05, 3.63) is 90.5 Å². The molecular weight excluding hydrogens is 390 g/mol. The third-order valence-corrected chi connectivity index (χ3v) is 5.65. The van der Waals surface area contributed by atoms with Crippen LogP contribution in [0, 0.1) is 0 Å². The van der Waals surface area contributed by atoms with Gasteiger partial charge >= 0.3 is 0 Å². The van der Waals surface area contributed by atoms with E-state index in [1.165, 1.54) is 24.6 Å². The summed E-state index contributed by atoms with van der Waals surface area (Å²) in [5, 5.41) is 4.42. The van der Waals surface area contributed by atoms with Gasteiger partial charge in [0, 0.05) is 6.20 Å². The molecule has 0 aliphatic rings. The first kappa shape index (κ1) is 18.7. The predicted octanol–water partition coefficient (Wildman–Crippen LogP) is 3.56. The highest BCUT2D eigenvalue weighted by molar-refractivity contribution is 7.92. The maximum atomic E-state index is 12.9. The number of rotatable bonds is 6. The number of carbonyl (C=O) groups excluding carboxylic acids is 1. The summed E-state index contributed by atoms with van der Waals surface area (Å²) >= 11 is 0. The van der Waals surface area contributed by atoms with Crippen LogP contribution in [-0.4, -0.2) is 19.3 Å². The zero-order valence-electron chi connectivity index (χ0n) is 15.2. The van der Waals surface area contributed by atoms with Gasteiger partial charge in [0.05, 0.1) is 23.3 Å². The lowest BCUT2D eigenvalue weighted by atomic mass is 10.1. The van der Waals surface area contributed by atoms with Crippen LogP contribution in [0.15, 0.2) is 88.5 Å². The molecule has 0 unspecified atom stereocenters. The Labute approximate surface area is 167 Å². The SMILES string of the molecule is O=C(NCc1ccco1)c1cccnc1NS(=O)(=O)c1ccc2ccccc2c1. The van der Waals surface area contributed by atoms with Crippen LogP contribution in [0.5, 0.6) is 0 Å². The second kappa shape index (κ2) is 7.76. The van der Waals surface area contributed by atoms with Crippen LogP contribution in [0.4, 0.5) is 5.82 Å². The van der Waals surface area contributed by atoms with Gasteiger partial charge in [-0.2, -0.15) is 0 Å². The highest BCUT2D eigenvalue weighted by Crippen LogP contribution is 2.22. The van der Waals surface area contributed by atoms with Crippen LogP contribution in [-0.2, 0) is 16.6 Å². The molecule has 0 bridgehead atoms. The average molecular weight is 407 g/mol. The number of nitrogens with zero attached hydrogens (tertiary/aromatic N) is 1. The lowest BCUT2D eigenvalue weighted by Crippen LogP contribution is -2.25. The molecule has 4 rings (SSSR count). The molecule has 2 aromatic carbocycles. The lowest BCUT2D eigenvalue weighted by Gasteiger charge is -2.12. The normalized spacial score (nSPS) is 11.3. The van der Waals surface area contributed by atoms with E-state index < -0.39 is 15.9 Å². The third kappa shape index (κ3) is 4.12. The third-order valence-electron chi connectivity index (χ3n) is 4.32. The summed E-state index contributed by atoms with van der Waals surface area (Å²) in [6.07, 6.45) is 2.93. The smallest absolute Gasteiger partial charge is 0.263 e.